The van der Waals surface area contributed by atoms with Crippen molar-refractivity contribution in [2.75, 3.05) is 27.3 Å². The van der Waals surface area contributed by atoms with Gasteiger partial charge < -0.3 is 14.4 Å². The first-order valence-electron chi connectivity index (χ1n) is 9.53. The first-order chi connectivity index (χ1) is 13.3. The summed E-state index contributed by atoms with van der Waals surface area (Å²) in [7, 11) is 4.79. The van der Waals surface area contributed by atoms with Crippen molar-refractivity contribution in [1.82, 2.24) is 19.2 Å². The third-order valence-electron chi connectivity index (χ3n) is 5.17. The molecule has 1 aliphatic rings. The molecule has 2 heterocycles. The van der Waals surface area contributed by atoms with Crippen LogP contribution >= 0.6 is 0 Å². The van der Waals surface area contributed by atoms with Crippen molar-refractivity contribution in [3.63, 3.8) is 0 Å². The maximum absolute atomic E-state index is 13.1. The smallest absolute Gasteiger partial charge is 0.345 e. The molecule has 3 rings (SSSR count). The first-order valence-corrected chi connectivity index (χ1v) is 9.53. The number of carbonyl (C=O) groups is 1. The van der Waals surface area contributed by atoms with Gasteiger partial charge in [0.15, 0.2) is 0 Å². The molecule has 0 aliphatic carbocycles. The van der Waals surface area contributed by atoms with E-state index in [1.165, 1.54) is 4.68 Å². The van der Waals surface area contributed by atoms with Gasteiger partial charge in [-0.2, -0.15) is 5.10 Å². The fourth-order valence-electron chi connectivity index (χ4n) is 3.75. The van der Waals surface area contributed by atoms with Gasteiger partial charge in [0.25, 0.3) is 5.91 Å². The Labute approximate surface area is 164 Å². The number of aromatic nitrogens is 3. The lowest BCUT2D eigenvalue weighted by atomic mass is 9.96. The van der Waals surface area contributed by atoms with Crippen molar-refractivity contribution >= 4 is 5.91 Å². The van der Waals surface area contributed by atoms with E-state index in [4.69, 9.17) is 9.47 Å². The number of nitrogens with zero attached hydrogens (tertiary/aromatic N) is 4. The molecule has 0 spiro atoms. The van der Waals surface area contributed by atoms with Gasteiger partial charge in [-0.15, -0.1) is 0 Å². The second kappa shape index (κ2) is 8.08. The van der Waals surface area contributed by atoms with Crippen LogP contribution < -0.4 is 15.2 Å². The zero-order chi connectivity index (χ0) is 20.4. The molecule has 8 nitrogen and oxygen atoms in total. The van der Waals surface area contributed by atoms with Crippen LogP contribution in [-0.4, -0.2) is 52.5 Å². The number of amides is 1. The minimum absolute atomic E-state index is 0.0184. The van der Waals surface area contributed by atoms with Gasteiger partial charge in [-0.05, 0) is 38.8 Å². The van der Waals surface area contributed by atoms with E-state index in [0.29, 0.717) is 30.2 Å². The average molecular weight is 388 g/mol. The topological polar surface area (TPSA) is 78.6 Å². The molecule has 152 valence electrons. The molecule has 8 heteroatoms. The number of carbonyl (C=O) groups excluding carboxylic acids is 1. The number of methoxy groups -OCH3 is 2. The largest absolute Gasteiger partial charge is 0.497 e. The van der Waals surface area contributed by atoms with Crippen LogP contribution in [0.5, 0.6) is 11.5 Å². The van der Waals surface area contributed by atoms with Crippen molar-refractivity contribution in [3.05, 3.63) is 40.1 Å². The maximum atomic E-state index is 13.1. The highest BCUT2D eigenvalue weighted by atomic mass is 16.5. The number of ether oxygens (including phenoxy) is 2. The van der Waals surface area contributed by atoms with Gasteiger partial charge in [0.05, 0.1) is 14.2 Å². The molecule has 1 fully saturated rings. The van der Waals surface area contributed by atoms with Gasteiger partial charge in [-0.1, -0.05) is 0 Å². The summed E-state index contributed by atoms with van der Waals surface area (Å²) in [5, 5.41) is 4.47. The molecule has 0 saturated carbocycles. The first kappa shape index (κ1) is 20.0. The molecule has 28 heavy (non-hydrogen) atoms. The van der Waals surface area contributed by atoms with Gasteiger partial charge >= 0.3 is 5.69 Å². The lowest BCUT2D eigenvalue weighted by Gasteiger charge is -2.32. The minimum atomic E-state index is -0.119. The van der Waals surface area contributed by atoms with Crippen LogP contribution in [0.25, 0.3) is 0 Å². The molecule has 1 saturated heterocycles. The number of aryl methyl sites for hydroxylation is 1. The lowest BCUT2D eigenvalue weighted by molar-refractivity contribution is 0.0702. The van der Waals surface area contributed by atoms with Crippen LogP contribution in [0.15, 0.2) is 23.0 Å². The van der Waals surface area contributed by atoms with Crippen molar-refractivity contribution < 1.29 is 14.3 Å². The molecule has 1 aromatic heterocycles. The van der Waals surface area contributed by atoms with Crippen LogP contribution in [0.1, 0.15) is 54.8 Å². The summed E-state index contributed by atoms with van der Waals surface area (Å²) in [4.78, 5) is 27.4. The molecule has 1 aliphatic heterocycles. The second-order valence-electron chi connectivity index (χ2n) is 7.42. The van der Waals surface area contributed by atoms with Gasteiger partial charge in [0, 0.05) is 43.7 Å². The second-order valence-corrected chi connectivity index (χ2v) is 7.42. The molecule has 0 N–H and O–H groups in total. The highest BCUT2D eigenvalue weighted by Crippen LogP contribution is 2.29. The standard InChI is InChI=1S/C20H28N4O4/c1-13(2)24-18(21-22(3)20(24)26)14-7-6-8-23(12-14)19(25)15-9-16(27-4)11-17(10-15)28-5/h9-11,13-14H,6-8,12H2,1-5H3. The number of rotatable bonds is 5. The van der Waals surface area contributed by atoms with E-state index in [2.05, 4.69) is 5.10 Å². The molecule has 0 bridgehead atoms. The quantitative estimate of drug-likeness (QED) is 0.785. The van der Waals surface area contributed by atoms with Crippen LogP contribution in [0, 0.1) is 0 Å². The number of hydrogen-bond acceptors (Lipinski definition) is 5. The molecular formula is C20H28N4O4. The normalized spacial score (nSPS) is 17.1. The third-order valence-corrected chi connectivity index (χ3v) is 5.17. The Bertz CT molecular complexity index is 893. The molecule has 0 radical (unpaired) electrons. The lowest BCUT2D eigenvalue weighted by Crippen LogP contribution is -2.40. The third kappa shape index (κ3) is 3.76. The van der Waals surface area contributed by atoms with Crippen molar-refractivity contribution in [1.29, 1.82) is 0 Å². The Morgan fingerprint density at radius 2 is 1.82 bits per heavy atom. The predicted molar refractivity (Wildman–Crippen MR) is 105 cm³/mol. The predicted octanol–water partition coefficient (Wildman–Crippen LogP) is 2.20. The van der Waals surface area contributed by atoms with Crippen molar-refractivity contribution in [2.24, 2.45) is 7.05 Å². The zero-order valence-electron chi connectivity index (χ0n) is 17.1. The van der Waals surface area contributed by atoms with E-state index >= 15 is 0 Å². The molecule has 1 aromatic carbocycles. The SMILES string of the molecule is COc1cc(OC)cc(C(=O)N2CCCC(c3nn(C)c(=O)n3C(C)C)C2)c1. The summed E-state index contributed by atoms with van der Waals surface area (Å²) in [6.45, 7) is 5.15. The molecular weight excluding hydrogens is 360 g/mol. The summed E-state index contributed by atoms with van der Waals surface area (Å²) in [6, 6.07) is 5.20. The maximum Gasteiger partial charge on any atom is 0.345 e. The van der Waals surface area contributed by atoms with E-state index in [-0.39, 0.29) is 23.6 Å². The number of hydrogen-bond donors (Lipinski definition) is 0. The van der Waals surface area contributed by atoms with E-state index in [9.17, 15) is 9.59 Å². The Morgan fingerprint density at radius 3 is 2.39 bits per heavy atom. The van der Waals surface area contributed by atoms with Gasteiger partial charge in [0.2, 0.25) is 0 Å². The van der Waals surface area contributed by atoms with Crippen LogP contribution in [-0.2, 0) is 7.05 Å². The average Bonchev–Trinajstić information content (AvgIpc) is 3.01. The summed E-state index contributed by atoms with van der Waals surface area (Å²) in [5.41, 5.74) is 0.408. The highest BCUT2D eigenvalue weighted by Gasteiger charge is 2.30. The van der Waals surface area contributed by atoms with Gasteiger partial charge in [-0.3, -0.25) is 9.36 Å². The summed E-state index contributed by atoms with van der Waals surface area (Å²) in [5.74, 6) is 1.87. The zero-order valence-corrected chi connectivity index (χ0v) is 17.1. The molecule has 2 aromatic rings. The number of piperidine rings is 1. The Hall–Kier alpha value is -2.77. The van der Waals surface area contributed by atoms with Crippen molar-refractivity contribution in [2.45, 2.75) is 38.6 Å². The van der Waals surface area contributed by atoms with Crippen LogP contribution in [0.4, 0.5) is 0 Å². The van der Waals surface area contributed by atoms with E-state index in [1.807, 2.05) is 18.7 Å². The Kier molecular flexibility index (Phi) is 5.76. The highest BCUT2D eigenvalue weighted by molar-refractivity contribution is 5.95. The minimum Gasteiger partial charge on any atom is -0.497 e. The number of benzene rings is 1. The monoisotopic (exact) mass is 388 g/mol. The molecule has 1 unspecified atom stereocenters. The van der Waals surface area contributed by atoms with E-state index in [0.717, 1.165) is 18.7 Å². The number of likely N-dealkylation sites (tertiary alicyclic amines) is 1. The van der Waals surface area contributed by atoms with Crippen molar-refractivity contribution in [3.8, 4) is 11.5 Å². The fourth-order valence-corrected chi connectivity index (χ4v) is 3.75. The Morgan fingerprint density at radius 1 is 1.18 bits per heavy atom. The van der Waals surface area contributed by atoms with Gasteiger partial charge in [-0.25, -0.2) is 9.48 Å². The summed E-state index contributed by atoms with van der Waals surface area (Å²) < 4.78 is 13.7. The molecule has 1 amide bonds. The summed E-state index contributed by atoms with van der Waals surface area (Å²) in [6.07, 6.45) is 1.76. The van der Waals surface area contributed by atoms with E-state index < -0.39 is 0 Å². The van der Waals surface area contributed by atoms with Gasteiger partial charge in [0.1, 0.15) is 17.3 Å². The van der Waals surface area contributed by atoms with Crippen LogP contribution in [0.2, 0.25) is 0 Å². The Balaban J connectivity index is 1.87. The fraction of sp³-hybridized carbons (Fsp3) is 0.550. The van der Waals surface area contributed by atoms with Crippen LogP contribution in [0.3, 0.4) is 0 Å². The summed E-state index contributed by atoms with van der Waals surface area (Å²) >= 11 is 0. The van der Waals surface area contributed by atoms with E-state index in [1.54, 1.807) is 44.0 Å². The molecule has 1 atom stereocenters.